The van der Waals surface area contributed by atoms with Gasteiger partial charge in [0.25, 0.3) is 0 Å². The Morgan fingerprint density at radius 3 is 2.94 bits per heavy atom. The third-order valence-electron chi connectivity index (χ3n) is 2.07. The number of aromatic nitrogens is 4. The Hall–Kier alpha value is -2.35. The fraction of sp³-hybridized carbons (Fsp3) is 0.100. The van der Waals surface area contributed by atoms with E-state index in [1.165, 1.54) is 0 Å². The van der Waals surface area contributed by atoms with Crippen LogP contribution in [0.5, 0.6) is 0 Å². The first-order valence-electron chi connectivity index (χ1n) is 5.17. The molecule has 0 unspecified atom stereocenters. The summed E-state index contributed by atoms with van der Waals surface area (Å²) in [7, 11) is 0. The molecule has 0 bridgehead atoms. The molecule has 0 saturated heterocycles. The van der Waals surface area contributed by atoms with Crippen molar-refractivity contribution in [2.24, 2.45) is 10.8 Å². The van der Waals surface area contributed by atoms with E-state index in [9.17, 15) is 0 Å². The van der Waals surface area contributed by atoms with Crippen LogP contribution in [0.1, 0.15) is 5.82 Å². The molecule has 7 nitrogen and oxygen atoms in total. The lowest BCUT2D eigenvalue weighted by molar-refractivity contribution is 0.775. The molecule has 18 heavy (non-hydrogen) atoms. The monoisotopic (exact) mass is 261 g/mol. The summed E-state index contributed by atoms with van der Waals surface area (Å²) in [5.41, 5.74) is 8.60. The van der Waals surface area contributed by atoms with Gasteiger partial charge >= 0.3 is 0 Å². The van der Waals surface area contributed by atoms with Gasteiger partial charge in [-0.25, -0.2) is 0 Å². The topological polar surface area (TPSA) is 94.0 Å². The molecule has 1 heterocycles. The Bertz CT molecular complexity index is 548. The molecule has 92 valence electrons. The fourth-order valence-electron chi connectivity index (χ4n) is 1.34. The lowest BCUT2D eigenvalue weighted by Crippen LogP contribution is -2.24. The summed E-state index contributed by atoms with van der Waals surface area (Å²) in [5.74, 6) is 0.676. The van der Waals surface area contributed by atoms with Gasteiger partial charge in [-0.15, -0.1) is 5.10 Å². The van der Waals surface area contributed by atoms with E-state index in [-0.39, 0.29) is 5.11 Å². The van der Waals surface area contributed by atoms with Gasteiger partial charge in [0, 0.05) is 12.6 Å². The van der Waals surface area contributed by atoms with E-state index in [2.05, 4.69) is 38.3 Å². The summed E-state index contributed by atoms with van der Waals surface area (Å²) in [6.07, 6.45) is 2.07. The van der Waals surface area contributed by atoms with Gasteiger partial charge in [0.15, 0.2) is 10.9 Å². The van der Waals surface area contributed by atoms with Gasteiger partial charge < -0.3 is 5.73 Å². The third-order valence-corrected chi connectivity index (χ3v) is 2.17. The van der Waals surface area contributed by atoms with Crippen LogP contribution in [0.2, 0.25) is 0 Å². The van der Waals surface area contributed by atoms with Crippen LogP contribution in [0.15, 0.2) is 35.4 Å². The van der Waals surface area contributed by atoms with Crippen molar-refractivity contribution in [3.05, 3.63) is 36.2 Å². The Balaban J connectivity index is 2.09. The second-order valence-electron chi connectivity index (χ2n) is 3.33. The van der Waals surface area contributed by atoms with Gasteiger partial charge in [-0.2, -0.15) is 9.78 Å². The van der Waals surface area contributed by atoms with Crippen LogP contribution in [-0.2, 0) is 6.42 Å². The highest BCUT2D eigenvalue weighted by Crippen LogP contribution is 2.06. The average molecular weight is 261 g/mol. The van der Waals surface area contributed by atoms with E-state index in [0.717, 1.165) is 5.69 Å². The van der Waals surface area contributed by atoms with Crippen molar-refractivity contribution in [2.45, 2.75) is 6.42 Å². The quantitative estimate of drug-likeness (QED) is 0.458. The van der Waals surface area contributed by atoms with Gasteiger partial charge in [0.2, 0.25) is 0 Å². The molecule has 1 aromatic carbocycles. The maximum Gasteiger partial charge on any atom is 0.184 e. The summed E-state index contributed by atoms with van der Waals surface area (Å²) in [4.78, 5) is 0. The molecule has 0 radical (unpaired) electrons. The van der Waals surface area contributed by atoms with Crippen LogP contribution in [0.25, 0.3) is 5.69 Å². The number of hydrazone groups is 1. The number of nitrogens with two attached hydrogens (primary N) is 1. The van der Waals surface area contributed by atoms with Crippen LogP contribution in [0.3, 0.4) is 0 Å². The Morgan fingerprint density at radius 2 is 2.22 bits per heavy atom. The lowest BCUT2D eigenvalue weighted by atomic mass is 10.3. The minimum Gasteiger partial charge on any atom is -0.375 e. The van der Waals surface area contributed by atoms with Crippen LogP contribution in [-0.4, -0.2) is 31.5 Å². The number of rotatable bonds is 4. The number of thiocarbonyl (C=S) groups is 1. The summed E-state index contributed by atoms with van der Waals surface area (Å²) in [5, 5.41) is 15.4. The maximum absolute atomic E-state index is 5.23. The van der Waals surface area contributed by atoms with E-state index in [1.54, 1.807) is 10.9 Å². The molecule has 3 N–H and O–H groups in total. The standard InChI is InChI=1S/C10H11N7S/c11-10(18)14-12-7-6-9-13-15-16-17(9)8-4-2-1-3-5-8/h1-5,7H,6H2,(H3,11,14,18)/b12-7-. The minimum atomic E-state index is 0.119. The number of tetrazole rings is 1. The number of nitrogens with zero attached hydrogens (tertiary/aromatic N) is 5. The number of hydrogen-bond acceptors (Lipinski definition) is 5. The third kappa shape index (κ3) is 3.08. The summed E-state index contributed by atoms with van der Waals surface area (Å²) >= 11 is 4.62. The lowest BCUT2D eigenvalue weighted by Gasteiger charge is -2.01. The molecule has 2 rings (SSSR count). The zero-order valence-electron chi connectivity index (χ0n) is 9.39. The summed E-state index contributed by atoms with van der Waals surface area (Å²) in [6, 6.07) is 9.61. The van der Waals surface area contributed by atoms with E-state index in [0.29, 0.717) is 12.2 Å². The molecule has 0 aliphatic carbocycles. The number of para-hydroxylation sites is 1. The molecular weight excluding hydrogens is 250 g/mol. The van der Waals surface area contributed by atoms with Crippen molar-refractivity contribution in [1.29, 1.82) is 0 Å². The zero-order valence-corrected chi connectivity index (χ0v) is 10.2. The van der Waals surface area contributed by atoms with E-state index >= 15 is 0 Å². The molecule has 0 aliphatic rings. The average Bonchev–Trinajstić information content (AvgIpc) is 2.84. The fourth-order valence-corrected chi connectivity index (χ4v) is 1.39. The Kier molecular flexibility index (Phi) is 3.92. The SMILES string of the molecule is NC(=S)N/N=C\Cc1nnnn1-c1ccccc1. The highest BCUT2D eigenvalue weighted by Gasteiger charge is 2.05. The number of hydrogen-bond donors (Lipinski definition) is 2. The smallest absolute Gasteiger partial charge is 0.184 e. The highest BCUT2D eigenvalue weighted by molar-refractivity contribution is 7.80. The van der Waals surface area contributed by atoms with E-state index in [4.69, 9.17) is 5.73 Å². The normalized spacial score (nSPS) is 10.7. The van der Waals surface area contributed by atoms with Crippen molar-refractivity contribution in [3.8, 4) is 5.69 Å². The highest BCUT2D eigenvalue weighted by atomic mass is 32.1. The van der Waals surface area contributed by atoms with Crippen molar-refractivity contribution in [2.75, 3.05) is 0 Å². The van der Waals surface area contributed by atoms with Crippen molar-refractivity contribution < 1.29 is 0 Å². The molecule has 0 saturated carbocycles. The second kappa shape index (κ2) is 5.82. The zero-order chi connectivity index (χ0) is 12.8. The van der Waals surface area contributed by atoms with Gasteiger partial charge in [-0.1, -0.05) is 18.2 Å². The first kappa shape index (κ1) is 12.1. The predicted molar refractivity (Wildman–Crippen MR) is 71.3 cm³/mol. The van der Waals surface area contributed by atoms with Crippen molar-refractivity contribution in [3.63, 3.8) is 0 Å². The molecule has 0 amide bonds. The molecule has 2 aromatic rings. The van der Waals surface area contributed by atoms with Gasteiger partial charge in [-0.05, 0) is 34.8 Å². The minimum absolute atomic E-state index is 0.119. The van der Waals surface area contributed by atoms with E-state index in [1.807, 2.05) is 30.3 Å². The Morgan fingerprint density at radius 1 is 1.44 bits per heavy atom. The van der Waals surface area contributed by atoms with Crippen LogP contribution >= 0.6 is 12.2 Å². The number of benzene rings is 1. The predicted octanol–water partition coefficient (Wildman–Crippen LogP) is 0.0238. The summed E-state index contributed by atoms with van der Waals surface area (Å²) < 4.78 is 1.65. The summed E-state index contributed by atoms with van der Waals surface area (Å²) in [6.45, 7) is 0. The van der Waals surface area contributed by atoms with Crippen LogP contribution in [0.4, 0.5) is 0 Å². The molecule has 0 atom stereocenters. The first-order chi connectivity index (χ1) is 8.77. The van der Waals surface area contributed by atoms with Gasteiger partial charge in [-0.3, -0.25) is 5.43 Å². The molecule has 0 spiro atoms. The largest absolute Gasteiger partial charge is 0.375 e. The molecular formula is C10H11N7S. The van der Waals surface area contributed by atoms with Crippen LogP contribution < -0.4 is 11.2 Å². The second-order valence-corrected chi connectivity index (χ2v) is 3.77. The van der Waals surface area contributed by atoms with Crippen molar-refractivity contribution >= 4 is 23.5 Å². The van der Waals surface area contributed by atoms with Gasteiger partial charge in [0.1, 0.15) is 0 Å². The first-order valence-corrected chi connectivity index (χ1v) is 5.58. The van der Waals surface area contributed by atoms with Crippen LogP contribution in [0, 0.1) is 0 Å². The molecule has 0 fully saturated rings. The maximum atomic E-state index is 5.23. The molecule has 8 heteroatoms. The molecule has 1 aromatic heterocycles. The van der Waals surface area contributed by atoms with Gasteiger partial charge in [0.05, 0.1) is 5.69 Å². The number of nitrogens with one attached hydrogen (secondary N) is 1. The Labute approximate surface area is 109 Å². The van der Waals surface area contributed by atoms with E-state index < -0.39 is 0 Å². The van der Waals surface area contributed by atoms with Crippen molar-refractivity contribution in [1.82, 2.24) is 25.6 Å². The molecule has 0 aliphatic heterocycles.